The number of Topliss-reactive ketones (excluding diaryl/α,β-unsaturated/α-hetero) is 1. The Kier molecular flexibility index (Phi) is 5.51. The summed E-state index contributed by atoms with van der Waals surface area (Å²) < 4.78 is 5.63. The summed E-state index contributed by atoms with van der Waals surface area (Å²) in [6.07, 6.45) is 0.709. The highest BCUT2D eigenvalue weighted by molar-refractivity contribution is 5.85. The molecule has 0 radical (unpaired) electrons. The van der Waals surface area contributed by atoms with Crippen LogP contribution in [0.2, 0.25) is 0 Å². The van der Waals surface area contributed by atoms with E-state index in [1.54, 1.807) is 0 Å². The molecule has 0 unspecified atom stereocenters. The third-order valence-corrected chi connectivity index (χ3v) is 3.21. The van der Waals surface area contributed by atoms with E-state index < -0.39 is 0 Å². The van der Waals surface area contributed by atoms with Crippen LogP contribution in [0.15, 0.2) is 60.7 Å². The van der Waals surface area contributed by atoms with Crippen molar-refractivity contribution in [1.29, 1.82) is 0 Å². The molecule has 0 aliphatic heterocycles. The quantitative estimate of drug-likeness (QED) is 0.769. The minimum absolute atomic E-state index is 0.141. The molecule has 0 amide bonds. The number of ketones is 1. The maximum Gasteiger partial charge on any atom is 0.166 e. The van der Waals surface area contributed by atoms with Crippen LogP contribution in [0.25, 0.3) is 0 Å². The molecule has 20 heavy (non-hydrogen) atoms. The van der Waals surface area contributed by atoms with Crippen molar-refractivity contribution < 1.29 is 9.53 Å². The number of carbonyl (C=O) groups excluding carboxylic acids is 1. The third-order valence-electron chi connectivity index (χ3n) is 3.21. The molecule has 0 aromatic heterocycles. The van der Waals surface area contributed by atoms with Gasteiger partial charge in [0.1, 0.15) is 6.10 Å². The lowest BCUT2D eigenvalue weighted by atomic mass is 10.00. The van der Waals surface area contributed by atoms with E-state index in [1.165, 1.54) is 0 Å². The van der Waals surface area contributed by atoms with Crippen LogP contribution in [-0.2, 0) is 22.4 Å². The highest BCUT2D eigenvalue weighted by Crippen LogP contribution is 2.10. The van der Waals surface area contributed by atoms with Crippen molar-refractivity contribution in [2.24, 2.45) is 0 Å². The Hall–Kier alpha value is -1.93. The molecule has 2 heteroatoms. The van der Waals surface area contributed by atoms with Crippen molar-refractivity contribution in [3.63, 3.8) is 0 Å². The average Bonchev–Trinajstić information content (AvgIpc) is 2.49. The fourth-order valence-electron chi connectivity index (χ4n) is 2.21. The molecule has 0 bridgehead atoms. The Morgan fingerprint density at radius 1 is 0.950 bits per heavy atom. The molecule has 104 valence electrons. The summed E-state index contributed by atoms with van der Waals surface area (Å²) >= 11 is 0. The van der Waals surface area contributed by atoms with Crippen molar-refractivity contribution in [1.82, 2.24) is 0 Å². The van der Waals surface area contributed by atoms with Gasteiger partial charge in [0.05, 0.1) is 0 Å². The van der Waals surface area contributed by atoms with Crippen LogP contribution in [0.5, 0.6) is 0 Å². The van der Waals surface area contributed by atoms with Crippen LogP contribution in [0.3, 0.4) is 0 Å². The second-order valence-corrected chi connectivity index (χ2v) is 4.76. The smallest absolute Gasteiger partial charge is 0.166 e. The van der Waals surface area contributed by atoms with Gasteiger partial charge in [0.2, 0.25) is 0 Å². The van der Waals surface area contributed by atoms with E-state index in [0.717, 1.165) is 11.1 Å². The second kappa shape index (κ2) is 7.61. The van der Waals surface area contributed by atoms with Crippen LogP contribution in [0.4, 0.5) is 0 Å². The Bertz CT molecular complexity index is 520. The zero-order valence-corrected chi connectivity index (χ0v) is 11.8. The number of hydrogen-bond acceptors (Lipinski definition) is 2. The van der Waals surface area contributed by atoms with E-state index in [2.05, 4.69) is 0 Å². The summed E-state index contributed by atoms with van der Waals surface area (Å²) in [4.78, 5) is 12.4. The Morgan fingerprint density at radius 3 is 2.05 bits per heavy atom. The highest BCUT2D eigenvalue weighted by Gasteiger charge is 2.19. The first-order chi connectivity index (χ1) is 9.79. The van der Waals surface area contributed by atoms with Crippen molar-refractivity contribution in [2.75, 3.05) is 6.61 Å². The van der Waals surface area contributed by atoms with Crippen molar-refractivity contribution in [2.45, 2.75) is 25.9 Å². The summed E-state index contributed by atoms with van der Waals surface area (Å²) in [5, 5.41) is 0. The third kappa shape index (κ3) is 4.32. The Labute approximate surface area is 120 Å². The van der Waals surface area contributed by atoms with E-state index in [1.807, 2.05) is 67.6 Å². The van der Waals surface area contributed by atoms with Crippen molar-refractivity contribution in [3.8, 4) is 0 Å². The van der Waals surface area contributed by atoms with Gasteiger partial charge in [-0.25, -0.2) is 0 Å². The highest BCUT2D eigenvalue weighted by atomic mass is 16.5. The van der Waals surface area contributed by atoms with Gasteiger partial charge in [-0.3, -0.25) is 4.79 Å². The van der Waals surface area contributed by atoms with Crippen LogP contribution in [0.1, 0.15) is 18.1 Å². The average molecular weight is 268 g/mol. The van der Waals surface area contributed by atoms with E-state index in [-0.39, 0.29) is 11.9 Å². The molecule has 2 nitrogen and oxygen atoms in total. The van der Waals surface area contributed by atoms with Crippen LogP contribution < -0.4 is 0 Å². The maximum absolute atomic E-state index is 12.4. The largest absolute Gasteiger partial charge is 0.370 e. The summed E-state index contributed by atoms with van der Waals surface area (Å²) in [5.74, 6) is 0.141. The second-order valence-electron chi connectivity index (χ2n) is 4.76. The fourth-order valence-corrected chi connectivity index (χ4v) is 2.21. The van der Waals surface area contributed by atoms with Gasteiger partial charge >= 0.3 is 0 Å². The SMILES string of the molecule is CCO[C@@H](Cc1ccccc1)C(=O)Cc1ccccc1. The van der Waals surface area contributed by atoms with Gasteiger partial charge in [0.25, 0.3) is 0 Å². The molecule has 0 aliphatic carbocycles. The molecule has 0 aliphatic rings. The lowest BCUT2D eigenvalue weighted by molar-refractivity contribution is -0.129. The molecular weight excluding hydrogens is 248 g/mol. The minimum Gasteiger partial charge on any atom is -0.370 e. The molecule has 2 aromatic carbocycles. The van der Waals surface area contributed by atoms with Gasteiger partial charge in [-0.2, -0.15) is 0 Å². The summed E-state index contributed by atoms with van der Waals surface area (Å²) in [7, 11) is 0. The Morgan fingerprint density at radius 2 is 1.50 bits per heavy atom. The topological polar surface area (TPSA) is 26.3 Å². The lowest BCUT2D eigenvalue weighted by Gasteiger charge is -2.16. The van der Waals surface area contributed by atoms with E-state index in [0.29, 0.717) is 19.4 Å². The molecule has 0 spiro atoms. The molecule has 0 heterocycles. The monoisotopic (exact) mass is 268 g/mol. The van der Waals surface area contributed by atoms with Gasteiger partial charge in [-0.1, -0.05) is 60.7 Å². The number of benzene rings is 2. The zero-order chi connectivity index (χ0) is 14.2. The van der Waals surface area contributed by atoms with Gasteiger partial charge in [-0.05, 0) is 18.1 Å². The van der Waals surface area contributed by atoms with E-state index in [9.17, 15) is 4.79 Å². The normalized spacial score (nSPS) is 12.1. The fraction of sp³-hybridized carbons (Fsp3) is 0.278. The predicted molar refractivity (Wildman–Crippen MR) is 80.7 cm³/mol. The number of hydrogen-bond donors (Lipinski definition) is 0. The zero-order valence-electron chi connectivity index (χ0n) is 11.8. The molecule has 0 fully saturated rings. The van der Waals surface area contributed by atoms with Crippen LogP contribution in [0, 0.1) is 0 Å². The van der Waals surface area contributed by atoms with Gasteiger partial charge in [0.15, 0.2) is 5.78 Å². The van der Waals surface area contributed by atoms with Crippen LogP contribution in [-0.4, -0.2) is 18.5 Å². The molecule has 0 saturated carbocycles. The first-order valence-electron chi connectivity index (χ1n) is 7.01. The first kappa shape index (κ1) is 14.5. The number of rotatable bonds is 7. The van der Waals surface area contributed by atoms with Crippen molar-refractivity contribution >= 4 is 5.78 Å². The van der Waals surface area contributed by atoms with Crippen molar-refractivity contribution in [3.05, 3.63) is 71.8 Å². The summed E-state index contributed by atoms with van der Waals surface area (Å²) in [6, 6.07) is 19.8. The van der Waals surface area contributed by atoms with Gasteiger partial charge < -0.3 is 4.74 Å². The molecule has 0 N–H and O–H groups in total. The predicted octanol–water partition coefficient (Wildman–Crippen LogP) is 3.45. The van der Waals surface area contributed by atoms with Gasteiger partial charge in [-0.15, -0.1) is 0 Å². The molecule has 2 aromatic rings. The maximum atomic E-state index is 12.4. The van der Waals surface area contributed by atoms with Gasteiger partial charge in [0, 0.05) is 19.4 Å². The van der Waals surface area contributed by atoms with E-state index >= 15 is 0 Å². The summed E-state index contributed by atoms with van der Waals surface area (Å²) in [5.41, 5.74) is 2.17. The van der Waals surface area contributed by atoms with Crippen LogP contribution >= 0.6 is 0 Å². The standard InChI is InChI=1S/C18H20O2/c1-2-20-18(14-16-11-7-4-8-12-16)17(19)13-15-9-5-3-6-10-15/h3-12,18H,2,13-14H2,1H3/t18-/m0/s1. The Balaban J connectivity index is 2.02. The first-order valence-corrected chi connectivity index (χ1v) is 7.01. The minimum atomic E-state index is -0.359. The molecule has 2 rings (SSSR count). The molecular formula is C18H20O2. The molecule has 0 saturated heterocycles. The summed E-state index contributed by atoms with van der Waals surface area (Å²) in [6.45, 7) is 2.48. The number of ether oxygens (including phenoxy) is 1. The molecule has 1 atom stereocenters. The number of carbonyl (C=O) groups is 1. The lowest BCUT2D eigenvalue weighted by Crippen LogP contribution is -2.28. The van der Waals surface area contributed by atoms with E-state index in [4.69, 9.17) is 4.74 Å².